The first-order valence-electron chi connectivity index (χ1n) is 6.45. The number of hydrogen-bond donors (Lipinski definition) is 2. The number of aromatic nitrogens is 1. The molecule has 5 heteroatoms. The number of pyridine rings is 1. The van der Waals surface area contributed by atoms with E-state index >= 15 is 0 Å². The molecule has 0 fully saturated rings. The van der Waals surface area contributed by atoms with Gasteiger partial charge in [-0.3, -0.25) is 9.78 Å². The lowest BCUT2D eigenvalue weighted by atomic mass is 10.1. The summed E-state index contributed by atoms with van der Waals surface area (Å²) in [7, 11) is 0. The molecular formula is C14H22N2O2S. The highest BCUT2D eigenvalue weighted by Crippen LogP contribution is 2.11. The van der Waals surface area contributed by atoms with E-state index in [1.807, 2.05) is 12.3 Å². The molecule has 1 aromatic rings. The van der Waals surface area contributed by atoms with Crippen molar-refractivity contribution in [1.29, 1.82) is 0 Å². The number of carbonyl (C=O) groups is 1. The molecule has 1 aromatic heterocycles. The second kappa shape index (κ2) is 8.17. The lowest BCUT2D eigenvalue weighted by Crippen LogP contribution is -2.37. The van der Waals surface area contributed by atoms with E-state index < -0.39 is 0 Å². The molecule has 0 aromatic carbocycles. The van der Waals surface area contributed by atoms with Crippen LogP contribution in [0.15, 0.2) is 18.3 Å². The van der Waals surface area contributed by atoms with Crippen molar-refractivity contribution >= 4 is 17.7 Å². The van der Waals surface area contributed by atoms with Crippen LogP contribution in [0.5, 0.6) is 0 Å². The van der Waals surface area contributed by atoms with Gasteiger partial charge in [0.25, 0.3) is 5.91 Å². The summed E-state index contributed by atoms with van der Waals surface area (Å²) < 4.78 is 0. The van der Waals surface area contributed by atoms with Crippen molar-refractivity contribution in [1.82, 2.24) is 10.3 Å². The van der Waals surface area contributed by atoms with Gasteiger partial charge < -0.3 is 10.4 Å². The summed E-state index contributed by atoms with van der Waals surface area (Å²) >= 11 is 1.65. The lowest BCUT2D eigenvalue weighted by molar-refractivity contribution is 0.0935. The molecule has 0 bridgehead atoms. The smallest absolute Gasteiger partial charge is 0.253 e. The van der Waals surface area contributed by atoms with E-state index in [1.165, 1.54) is 0 Å². The molecule has 0 aliphatic rings. The normalized spacial score (nSPS) is 12.5. The van der Waals surface area contributed by atoms with Gasteiger partial charge in [-0.25, -0.2) is 0 Å². The summed E-state index contributed by atoms with van der Waals surface area (Å²) in [6.45, 7) is 4.21. The number of thioether (sulfide) groups is 1. The van der Waals surface area contributed by atoms with Crippen LogP contribution < -0.4 is 5.32 Å². The molecule has 106 valence electrons. The van der Waals surface area contributed by atoms with Crippen LogP contribution in [0.25, 0.3) is 0 Å². The zero-order chi connectivity index (χ0) is 14.3. The summed E-state index contributed by atoms with van der Waals surface area (Å²) in [4.78, 5) is 16.3. The molecule has 4 nitrogen and oxygen atoms in total. The predicted molar refractivity (Wildman–Crippen MR) is 79.7 cm³/mol. The first-order valence-corrected chi connectivity index (χ1v) is 7.84. The van der Waals surface area contributed by atoms with Gasteiger partial charge in [-0.2, -0.15) is 11.8 Å². The maximum absolute atomic E-state index is 12.0. The number of carbonyl (C=O) groups excluding carboxylic acids is 1. The maximum atomic E-state index is 12.0. The number of hydrogen-bond acceptors (Lipinski definition) is 4. The maximum Gasteiger partial charge on any atom is 0.253 e. The molecule has 19 heavy (non-hydrogen) atoms. The molecule has 0 aliphatic heterocycles. The molecule has 0 saturated heterocycles. The van der Waals surface area contributed by atoms with Crippen LogP contribution in [0.4, 0.5) is 0 Å². The van der Waals surface area contributed by atoms with Gasteiger partial charge in [-0.15, -0.1) is 0 Å². The third kappa shape index (κ3) is 5.20. The van der Waals surface area contributed by atoms with Crippen LogP contribution in [-0.4, -0.2) is 40.7 Å². The van der Waals surface area contributed by atoms with Gasteiger partial charge in [0.1, 0.15) is 0 Å². The Bertz CT molecular complexity index is 387. The highest BCUT2D eigenvalue weighted by atomic mass is 32.2. The Kier molecular flexibility index (Phi) is 6.87. The van der Waals surface area contributed by atoms with Crippen molar-refractivity contribution in [2.24, 2.45) is 0 Å². The Morgan fingerprint density at radius 1 is 1.47 bits per heavy atom. The van der Waals surface area contributed by atoms with Crippen LogP contribution in [0, 0.1) is 0 Å². The number of nitrogens with one attached hydrogen (secondary N) is 1. The quantitative estimate of drug-likeness (QED) is 0.803. The van der Waals surface area contributed by atoms with Crippen LogP contribution in [0.2, 0.25) is 0 Å². The standard InChI is InChI=1S/C14H22N2O2S/c1-10(2)13-5-4-11(8-15-13)14(18)16-12(6-7-17)9-19-3/h4-5,8,10,12,17H,6-7,9H2,1-3H3,(H,16,18). The summed E-state index contributed by atoms with van der Waals surface area (Å²) in [5.74, 6) is 1.02. The van der Waals surface area contributed by atoms with Gasteiger partial charge in [0.2, 0.25) is 0 Å². The second-order valence-corrected chi connectivity index (χ2v) is 5.68. The molecule has 0 saturated carbocycles. The second-order valence-electron chi connectivity index (χ2n) is 4.76. The number of aliphatic hydroxyl groups excluding tert-OH is 1. The summed E-state index contributed by atoms with van der Waals surface area (Å²) in [5.41, 5.74) is 1.54. The van der Waals surface area contributed by atoms with E-state index in [0.717, 1.165) is 11.4 Å². The van der Waals surface area contributed by atoms with Crippen molar-refractivity contribution in [3.05, 3.63) is 29.6 Å². The minimum Gasteiger partial charge on any atom is -0.396 e. The number of aliphatic hydroxyl groups is 1. The molecular weight excluding hydrogens is 260 g/mol. The first-order chi connectivity index (χ1) is 9.08. The van der Waals surface area contributed by atoms with Crippen LogP contribution in [0.1, 0.15) is 42.2 Å². The number of rotatable bonds is 7. The monoisotopic (exact) mass is 282 g/mol. The number of amides is 1. The average molecular weight is 282 g/mol. The SMILES string of the molecule is CSCC(CCO)NC(=O)c1ccc(C(C)C)nc1. The number of nitrogens with zero attached hydrogens (tertiary/aromatic N) is 1. The summed E-state index contributed by atoms with van der Waals surface area (Å²) in [6, 6.07) is 3.68. The van der Waals surface area contributed by atoms with Gasteiger partial charge in [0, 0.05) is 30.3 Å². The van der Waals surface area contributed by atoms with Crippen molar-refractivity contribution < 1.29 is 9.90 Å². The third-order valence-electron chi connectivity index (χ3n) is 2.82. The Morgan fingerprint density at radius 3 is 2.68 bits per heavy atom. The molecule has 2 N–H and O–H groups in total. The van der Waals surface area contributed by atoms with Gasteiger partial charge in [-0.05, 0) is 30.7 Å². The Hall–Kier alpha value is -1.07. The van der Waals surface area contributed by atoms with E-state index in [0.29, 0.717) is 17.9 Å². The van der Waals surface area contributed by atoms with Crippen LogP contribution in [0.3, 0.4) is 0 Å². The van der Waals surface area contributed by atoms with Gasteiger partial charge in [0.05, 0.1) is 5.56 Å². The molecule has 0 spiro atoms. The Morgan fingerprint density at radius 2 is 2.21 bits per heavy atom. The Labute approximate surface area is 119 Å². The largest absolute Gasteiger partial charge is 0.396 e. The fourth-order valence-corrected chi connectivity index (χ4v) is 2.36. The summed E-state index contributed by atoms with van der Waals surface area (Å²) in [6.07, 6.45) is 4.17. The fourth-order valence-electron chi connectivity index (χ4n) is 1.70. The van der Waals surface area contributed by atoms with E-state index in [-0.39, 0.29) is 18.6 Å². The van der Waals surface area contributed by atoms with Crippen molar-refractivity contribution in [2.45, 2.75) is 32.2 Å². The zero-order valence-electron chi connectivity index (χ0n) is 11.7. The molecule has 1 unspecified atom stereocenters. The molecule has 1 atom stereocenters. The van der Waals surface area contributed by atoms with Crippen LogP contribution in [-0.2, 0) is 0 Å². The average Bonchev–Trinajstić information content (AvgIpc) is 2.39. The molecule has 0 aliphatic carbocycles. The van der Waals surface area contributed by atoms with E-state index in [1.54, 1.807) is 24.0 Å². The third-order valence-corrected chi connectivity index (χ3v) is 3.56. The van der Waals surface area contributed by atoms with Gasteiger partial charge in [0.15, 0.2) is 0 Å². The highest BCUT2D eigenvalue weighted by molar-refractivity contribution is 7.98. The van der Waals surface area contributed by atoms with Crippen LogP contribution >= 0.6 is 11.8 Å². The van der Waals surface area contributed by atoms with E-state index in [2.05, 4.69) is 24.1 Å². The topological polar surface area (TPSA) is 62.2 Å². The summed E-state index contributed by atoms with van der Waals surface area (Å²) in [5, 5.41) is 11.9. The minimum absolute atomic E-state index is 0.00252. The fraction of sp³-hybridized carbons (Fsp3) is 0.571. The molecule has 0 radical (unpaired) electrons. The first kappa shape index (κ1) is 16.0. The van der Waals surface area contributed by atoms with Gasteiger partial charge in [-0.1, -0.05) is 13.8 Å². The molecule has 1 amide bonds. The minimum atomic E-state index is -0.129. The Balaban J connectivity index is 2.65. The van der Waals surface area contributed by atoms with Gasteiger partial charge >= 0.3 is 0 Å². The predicted octanol–water partition coefficient (Wildman–Crippen LogP) is 2.05. The lowest BCUT2D eigenvalue weighted by Gasteiger charge is -2.16. The zero-order valence-corrected chi connectivity index (χ0v) is 12.5. The van der Waals surface area contributed by atoms with E-state index in [4.69, 9.17) is 5.11 Å². The highest BCUT2D eigenvalue weighted by Gasteiger charge is 2.13. The van der Waals surface area contributed by atoms with Crippen molar-refractivity contribution in [2.75, 3.05) is 18.6 Å². The van der Waals surface area contributed by atoms with E-state index in [9.17, 15) is 4.79 Å². The van der Waals surface area contributed by atoms with Crippen molar-refractivity contribution in [3.63, 3.8) is 0 Å². The molecule has 1 rings (SSSR count). The molecule has 1 heterocycles. The van der Waals surface area contributed by atoms with Crippen molar-refractivity contribution in [3.8, 4) is 0 Å².